The van der Waals surface area contributed by atoms with Gasteiger partial charge < -0.3 is 14.0 Å². The first-order valence-electron chi connectivity index (χ1n) is 8.49. The highest BCUT2D eigenvalue weighted by Crippen LogP contribution is 2.18. The average Bonchev–Trinajstić information content (AvgIpc) is 3.08. The average molecular weight is 358 g/mol. The zero-order valence-electron chi connectivity index (χ0n) is 15.1. The molecule has 2 heterocycles. The second kappa shape index (κ2) is 7.47. The van der Waals surface area contributed by atoms with Gasteiger partial charge >= 0.3 is 5.69 Å². The lowest BCUT2D eigenvalue weighted by molar-refractivity contribution is 0.296. The van der Waals surface area contributed by atoms with Crippen molar-refractivity contribution in [1.82, 2.24) is 18.7 Å². The molecule has 3 rings (SSSR count). The zero-order valence-corrected chi connectivity index (χ0v) is 15.1. The zero-order chi connectivity index (χ0) is 18.7. The first-order chi connectivity index (χ1) is 12.5. The maximum Gasteiger partial charge on any atom is 0.332 e. The monoisotopic (exact) mass is 358 g/mol. The Morgan fingerprint density at radius 1 is 0.962 bits per heavy atom. The summed E-state index contributed by atoms with van der Waals surface area (Å²) in [5, 5.41) is 0. The molecule has 0 bridgehead atoms. The number of rotatable bonds is 7. The lowest BCUT2D eigenvalue weighted by Gasteiger charge is -2.09. The Morgan fingerprint density at radius 3 is 2.19 bits per heavy atom. The van der Waals surface area contributed by atoms with E-state index in [0.717, 1.165) is 22.5 Å². The van der Waals surface area contributed by atoms with Crippen LogP contribution in [-0.4, -0.2) is 31.9 Å². The van der Waals surface area contributed by atoms with E-state index >= 15 is 0 Å². The number of hydrogen-bond donors (Lipinski definition) is 0. The summed E-state index contributed by atoms with van der Waals surface area (Å²) in [5.74, 6) is 1.53. The van der Waals surface area contributed by atoms with Crippen LogP contribution < -0.4 is 20.7 Å². The molecular formula is C18H22N4O4. The number of aryl methyl sites for hydroxylation is 1. The number of aromatic nitrogens is 4. The fourth-order valence-corrected chi connectivity index (χ4v) is 2.68. The maximum absolute atomic E-state index is 12.4. The molecule has 2 aromatic heterocycles. The number of nitrogens with zero attached hydrogens (tertiary/aromatic N) is 4. The van der Waals surface area contributed by atoms with E-state index in [-0.39, 0.29) is 5.56 Å². The Morgan fingerprint density at radius 2 is 1.58 bits per heavy atom. The molecule has 8 nitrogen and oxygen atoms in total. The maximum atomic E-state index is 12.4. The fourth-order valence-electron chi connectivity index (χ4n) is 2.68. The molecule has 3 aromatic rings. The van der Waals surface area contributed by atoms with Crippen molar-refractivity contribution in [3.8, 4) is 11.5 Å². The quantitative estimate of drug-likeness (QED) is 0.636. The lowest BCUT2D eigenvalue weighted by atomic mass is 10.3. The molecule has 0 N–H and O–H groups in total. The van der Waals surface area contributed by atoms with Gasteiger partial charge in [-0.2, -0.15) is 0 Å². The van der Waals surface area contributed by atoms with Crippen molar-refractivity contribution < 1.29 is 9.47 Å². The third-order valence-electron chi connectivity index (χ3n) is 4.11. The van der Waals surface area contributed by atoms with Gasteiger partial charge in [0.2, 0.25) is 0 Å². The van der Waals surface area contributed by atoms with Gasteiger partial charge in [-0.05, 0) is 30.7 Å². The van der Waals surface area contributed by atoms with Crippen molar-refractivity contribution in [1.29, 1.82) is 0 Å². The second-order valence-electron chi connectivity index (χ2n) is 5.98. The topological polar surface area (TPSA) is 80.3 Å². The molecule has 0 aliphatic rings. The molecule has 0 unspecified atom stereocenters. The summed E-state index contributed by atoms with van der Waals surface area (Å²) in [7, 11) is 3.06. The molecule has 1 aromatic carbocycles. The summed E-state index contributed by atoms with van der Waals surface area (Å²) < 4.78 is 15.4. The van der Waals surface area contributed by atoms with Crippen molar-refractivity contribution in [3.63, 3.8) is 0 Å². The molecule has 138 valence electrons. The Balaban J connectivity index is 1.71. The molecule has 0 amide bonds. The normalized spacial score (nSPS) is 11.0. The van der Waals surface area contributed by atoms with E-state index in [1.807, 2.05) is 24.3 Å². The van der Waals surface area contributed by atoms with Crippen LogP contribution in [0.4, 0.5) is 0 Å². The van der Waals surface area contributed by atoms with Gasteiger partial charge in [0.05, 0.1) is 19.5 Å². The van der Waals surface area contributed by atoms with Gasteiger partial charge in [-0.3, -0.25) is 13.9 Å². The van der Waals surface area contributed by atoms with Crippen molar-refractivity contribution in [2.24, 2.45) is 14.1 Å². The third-order valence-corrected chi connectivity index (χ3v) is 4.11. The van der Waals surface area contributed by atoms with Crippen LogP contribution in [0.2, 0.25) is 0 Å². The van der Waals surface area contributed by atoms with E-state index in [1.165, 1.54) is 11.6 Å². The number of imidazole rings is 1. The van der Waals surface area contributed by atoms with Gasteiger partial charge in [0, 0.05) is 14.1 Å². The summed E-state index contributed by atoms with van der Waals surface area (Å²) in [6.45, 7) is 3.55. The van der Waals surface area contributed by atoms with Gasteiger partial charge in [0.15, 0.2) is 11.2 Å². The van der Waals surface area contributed by atoms with Crippen molar-refractivity contribution in [3.05, 3.63) is 51.4 Å². The Hall–Kier alpha value is -3.03. The summed E-state index contributed by atoms with van der Waals surface area (Å²) >= 11 is 0. The smallest absolute Gasteiger partial charge is 0.332 e. The molecule has 8 heteroatoms. The van der Waals surface area contributed by atoms with Crippen molar-refractivity contribution in [2.75, 3.05) is 13.2 Å². The summed E-state index contributed by atoms with van der Waals surface area (Å²) in [5.41, 5.74) is 0.00412. The molecule has 0 spiro atoms. The molecular weight excluding hydrogens is 336 g/mol. The summed E-state index contributed by atoms with van der Waals surface area (Å²) in [6, 6.07) is 7.42. The third kappa shape index (κ3) is 3.35. The molecule has 26 heavy (non-hydrogen) atoms. The second-order valence-corrected chi connectivity index (χ2v) is 5.98. The number of benzene rings is 1. The Labute approximate surface area is 150 Å². The standard InChI is InChI=1S/C18H22N4O4/c1-4-10-25-13-5-7-14(8-6-13)26-11-9-22-12-19-16-15(22)17(23)21(3)18(24)20(16)2/h5-8,12H,4,9-11H2,1-3H3. The van der Waals surface area contributed by atoms with Crippen LogP contribution in [0.3, 0.4) is 0 Å². The van der Waals surface area contributed by atoms with Crippen LogP contribution in [0.25, 0.3) is 11.2 Å². The predicted octanol–water partition coefficient (Wildman–Crippen LogP) is 1.30. The highest BCUT2D eigenvalue weighted by molar-refractivity contribution is 5.69. The van der Waals surface area contributed by atoms with Gasteiger partial charge in [0.1, 0.15) is 18.1 Å². The first kappa shape index (κ1) is 17.8. The highest BCUT2D eigenvalue weighted by atomic mass is 16.5. The van der Waals surface area contributed by atoms with Crippen LogP contribution in [0.5, 0.6) is 11.5 Å². The van der Waals surface area contributed by atoms with E-state index < -0.39 is 5.69 Å². The van der Waals surface area contributed by atoms with Gasteiger partial charge in [-0.25, -0.2) is 9.78 Å². The molecule has 0 aliphatic carbocycles. The fraction of sp³-hybridized carbons (Fsp3) is 0.389. The minimum atomic E-state index is -0.394. The molecule has 0 aliphatic heterocycles. The van der Waals surface area contributed by atoms with Crippen molar-refractivity contribution >= 4 is 11.2 Å². The summed E-state index contributed by atoms with van der Waals surface area (Å²) in [6.07, 6.45) is 2.51. The minimum absolute atomic E-state index is 0.363. The van der Waals surface area contributed by atoms with E-state index in [0.29, 0.717) is 30.9 Å². The largest absolute Gasteiger partial charge is 0.494 e. The van der Waals surface area contributed by atoms with Crippen LogP contribution in [0, 0.1) is 0 Å². The van der Waals surface area contributed by atoms with Gasteiger partial charge in [-0.15, -0.1) is 0 Å². The molecule has 0 saturated carbocycles. The van der Waals surface area contributed by atoms with Crippen molar-refractivity contribution in [2.45, 2.75) is 19.9 Å². The Kier molecular flexibility index (Phi) is 5.11. The minimum Gasteiger partial charge on any atom is -0.494 e. The highest BCUT2D eigenvalue weighted by Gasteiger charge is 2.14. The van der Waals surface area contributed by atoms with E-state index in [4.69, 9.17) is 9.47 Å². The molecule has 0 radical (unpaired) electrons. The number of ether oxygens (including phenoxy) is 2. The Bertz CT molecular complexity index is 1010. The van der Waals surface area contributed by atoms with E-state index in [2.05, 4.69) is 11.9 Å². The van der Waals surface area contributed by atoms with Crippen LogP contribution in [-0.2, 0) is 20.6 Å². The predicted molar refractivity (Wildman–Crippen MR) is 97.9 cm³/mol. The number of hydrogen-bond acceptors (Lipinski definition) is 5. The number of fused-ring (bicyclic) bond motifs is 1. The van der Waals surface area contributed by atoms with E-state index in [9.17, 15) is 9.59 Å². The first-order valence-corrected chi connectivity index (χ1v) is 8.49. The van der Waals surface area contributed by atoms with Gasteiger partial charge in [-0.1, -0.05) is 6.92 Å². The summed E-state index contributed by atoms with van der Waals surface area (Å²) in [4.78, 5) is 28.5. The van der Waals surface area contributed by atoms with E-state index in [1.54, 1.807) is 17.9 Å². The molecule has 0 fully saturated rings. The van der Waals surface area contributed by atoms with Gasteiger partial charge in [0.25, 0.3) is 5.56 Å². The van der Waals surface area contributed by atoms with Crippen LogP contribution in [0.15, 0.2) is 40.2 Å². The molecule has 0 saturated heterocycles. The van der Waals surface area contributed by atoms with Crippen LogP contribution >= 0.6 is 0 Å². The molecule has 0 atom stereocenters. The van der Waals surface area contributed by atoms with Crippen LogP contribution in [0.1, 0.15) is 13.3 Å². The lowest BCUT2D eigenvalue weighted by Crippen LogP contribution is -2.37. The SMILES string of the molecule is CCCOc1ccc(OCCn2cnc3c2c(=O)n(C)c(=O)n3C)cc1.